The van der Waals surface area contributed by atoms with Gasteiger partial charge in [0.25, 0.3) is 5.91 Å². The molecule has 1 aromatic carbocycles. The molecule has 0 spiro atoms. The first-order chi connectivity index (χ1) is 8.69. The summed E-state index contributed by atoms with van der Waals surface area (Å²) < 4.78 is 5.08. The number of carbonyl (C=O) groups excluding carboxylic acids is 1. The molecule has 3 nitrogen and oxygen atoms in total. The smallest absolute Gasteiger partial charge is 0.251 e. The van der Waals surface area contributed by atoms with E-state index in [0.717, 1.165) is 24.5 Å². The van der Waals surface area contributed by atoms with Crippen molar-refractivity contribution >= 4 is 5.91 Å². The molecule has 1 amide bonds. The predicted octanol–water partition coefficient (Wildman–Crippen LogP) is 3.00. The van der Waals surface area contributed by atoms with E-state index in [2.05, 4.69) is 12.2 Å². The molecule has 0 radical (unpaired) electrons. The third-order valence-electron chi connectivity index (χ3n) is 3.62. The van der Waals surface area contributed by atoms with Crippen molar-refractivity contribution in [2.45, 2.75) is 38.6 Å². The van der Waals surface area contributed by atoms with Gasteiger partial charge in [-0.15, -0.1) is 0 Å². The summed E-state index contributed by atoms with van der Waals surface area (Å²) in [4.78, 5) is 12.1. The van der Waals surface area contributed by atoms with Gasteiger partial charge in [-0.25, -0.2) is 0 Å². The zero-order valence-electron chi connectivity index (χ0n) is 11.1. The van der Waals surface area contributed by atoms with Gasteiger partial charge in [0.1, 0.15) is 5.75 Å². The fourth-order valence-electron chi connectivity index (χ4n) is 2.58. The highest BCUT2D eigenvalue weighted by molar-refractivity contribution is 5.94. The summed E-state index contributed by atoms with van der Waals surface area (Å²) in [5.41, 5.74) is 0.703. The number of rotatable bonds is 3. The second-order valence-electron chi connectivity index (χ2n) is 5.17. The van der Waals surface area contributed by atoms with Crippen LogP contribution in [-0.4, -0.2) is 19.1 Å². The first-order valence-electron chi connectivity index (χ1n) is 6.64. The van der Waals surface area contributed by atoms with Gasteiger partial charge in [-0.2, -0.15) is 0 Å². The molecular formula is C15H21NO2. The van der Waals surface area contributed by atoms with Crippen molar-refractivity contribution < 1.29 is 9.53 Å². The summed E-state index contributed by atoms with van der Waals surface area (Å²) >= 11 is 0. The van der Waals surface area contributed by atoms with E-state index in [9.17, 15) is 4.79 Å². The zero-order chi connectivity index (χ0) is 13.0. The molecule has 1 saturated carbocycles. The molecule has 1 N–H and O–H groups in total. The van der Waals surface area contributed by atoms with Crippen molar-refractivity contribution in [2.24, 2.45) is 5.92 Å². The van der Waals surface area contributed by atoms with Crippen LogP contribution in [-0.2, 0) is 0 Å². The lowest BCUT2D eigenvalue weighted by Gasteiger charge is -2.27. The van der Waals surface area contributed by atoms with Gasteiger partial charge in [0.05, 0.1) is 7.11 Å². The highest BCUT2D eigenvalue weighted by Gasteiger charge is 2.20. The van der Waals surface area contributed by atoms with Crippen LogP contribution in [0, 0.1) is 5.92 Å². The maximum atomic E-state index is 12.1. The Morgan fingerprint density at radius 1 is 1.28 bits per heavy atom. The summed E-state index contributed by atoms with van der Waals surface area (Å²) in [5.74, 6) is 1.52. The molecule has 0 saturated heterocycles. The van der Waals surface area contributed by atoms with E-state index in [0.29, 0.717) is 11.6 Å². The number of nitrogens with one attached hydrogen (secondary N) is 1. The Morgan fingerprint density at radius 3 is 2.61 bits per heavy atom. The summed E-state index contributed by atoms with van der Waals surface area (Å²) in [6, 6.07) is 7.58. The Hall–Kier alpha value is -1.51. The zero-order valence-corrected chi connectivity index (χ0v) is 11.1. The third kappa shape index (κ3) is 3.25. The van der Waals surface area contributed by atoms with Crippen molar-refractivity contribution in [2.75, 3.05) is 7.11 Å². The maximum Gasteiger partial charge on any atom is 0.251 e. The van der Waals surface area contributed by atoms with Crippen molar-refractivity contribution in [3.63, 3.8) is 0 Å². The summed E-state index contributed by atoms with van der Waals surface area (Å²) in [7, 11) is 1.62. The Bertz CT molecular complexity index is 399. The van der Waals surface area contributed by atoms with E-state index in [1.807, 2.05) is 12.1 Å². The normalized spacial score (nSPS) is 23.4. The topological polar surface area (TPSA) is 38.3 Å². The van der Waals surface area contributed by atoms with Crippen LogP contribution >= 0.6 is 0 Å². The van der Waals surface area contributed by atoms with E-state index < -0.39 is 0 Å². The summed E-state index contributed by atoms with van der Waals surface area (Å²) in [6.45, 7) is 2.26. The van der Waals surface area contributed by atoms with Gasteiger partial charge in [0.15, 0.2) is 0 Å². The second-order valence-corrected chi connectivity index (χ2v) is 5.17. The molecule has 0 aromatic heterocycles. The lowest BCUT2D eigenvalue weighted by atomic mass is 9.87. The molecule has 1 aliphatic rings. The third-order valence-corrected chi connectivity index (χ3v) is 3.62. The number of hydrogen-bond acceptors (Lipinski definition) is 2. The quantitative estimate of drug-likeness (QED) is 0.891. The Balaban J connectivity index is 1.94. The van der Waals surface area contributed by atoms with Crippen LogP contribution in [0.1, 0.15) is 43.0 Å². The average molecular weight is 247 g/mol. The first kappa shape index (κ1) is 12.9. The minimum Gasteiger partial charge on any atom is -0.497 e. The molecule has 0 bridgehead atoms. The molecule has 0 aliphatic heterocycles. The van der Waals surface area contributed by atoms with Crippen molar-refractivity contribution in [3.05, 3.63) is 29.8 Å². The molecule has 2 rings (SSSR count). The molecule has 0 unspecified atom stereocenters. The molecular weight excluding hydrogens is 226 g/mol. The van der Waals surface area contributed by atoms with Crippen molar-refractivity contribution in [1.29, 1.82) is 0 Å². The molecule has 0 heterocycles. The van der Waals surface area contributed by atoms with E-state index >= 15 is 0 Å². The number of carbonyl (C=O) groups is 1. The molecule has 2 atom stereocenters. The van der Waals surface area contributed by atoms with Crippen LogP contribution in [0.15, 0.2) is 24.3 Å². The van der Waals surface area contributed by atoms with Crippen LogP contribution < -0.4 is 10.1 Å². The van der Waals surface area contributed by atoms with Crippen LogP contribution in [0.5, 0.6) is 5.75 Å². The highest BCUT2D eigenvalue weighted by Crippen LogP contribution is 2.23. The molecule has 1 aliphatic carbocycles. The number of hydrogen-bond donors (Lipinski definition) is 1. The second kappa shape index (κ2) is 5.89. The van der Waals surface area contributed by atoms with Crippen LogP contribution in [0.4, 0.5) is 0 Å². The Labute approximate surface area is 109 Å². The first-order valence-corrected chi connectivity index (χ1v) is 6.64. The molecule has 18 heavy (non-hydrogen) atoms. The number of benzene rings is 1. The lowest BCUT2D eigenvalue weighted by Crippen LogP contribution is -2.37. The van der Waals surface area contributed by atoms with E-state index in [1.54, 1.807) is 19.2 Å². The van der Waals surface area contributed by atoms with Gasteiger partial charge >= 0.3 is 0 Å². The van der Waals surface area contributed by atoms with Gasteiger partial charge in [0.2, 0.25) is 0 Å². The SMILES string of the molecule is COc1ccc(C(=O)N[C@H]2CCC[C@H](C)C2)cc1. The minimum absolute atomic E-state index is 0.0248. The van der Waals surface area contributed by atoms with Gasteiger partial charge < -0.3 is 10.1 Å². The van der Waals surface area contributed by atoms with E-state index in [-0.39, 0.29) is 5.91 Å². The standard InChI is InChI=1S/C15H21NO2/c1-11-4-3-5-13(10-11)16-15(17)12-6-8-14(18-2)9-7-12/h6-9,11,13H,3-5,10H2,1-2H3,(H,16,17)/t11-,13-/m0/s1. The largest absolute Gasteiger partial charge is 0.497 e. The monoisotopic (exact) mass is 247 g/mol. The lowest BCUT2D eigenvalue weighted by molar-refractivity contribution is 0.0921. The summed E-state index contributed by atoms with van der Waals surface area (Å²) in [6.07, 6.45) is 4.71. The van der Waals surface area contributed by atoms with Gasteiger partial charge in [-0.05, 0) is 43.0 Å². The minimum atomic E-state index is 0.0248. The fourth-order valence-corrected chi connectivity index (χ4v) is 2.58. The Kier molecular flexibility index (Phi) is 4.24. The molecule has 1 aromatic rings. The van der Waals surface area contributed by atoms with Gasteiger partial charge in [0, 0.05) is 11.6 Å². The number of ether oxygens (including phenoxy) is 1. The average Bonchev–Trinajstić information content (AvgIpc) is 2.39. The van der Waals surface area contributed by atoms with Crippen molar-refractivity contribution in [1.82, 2.24) is 5.32 Å². The van der Waals surface area contributed by atoms with Crippen LogP contribution in [0.2, 0.25) is 0 Å². The van der Waals surface area contributed by atoms with Crippen LogP contribution in [0.25, 0.3) is 0 Å². The maximum absolute atomic E-state index is 12.1. The van der Waals surface area contributed by atoms with E-state index in [4.69, 9.17) is 4.74 Å². The molecule has 1 fully saturated rings. The Morgan fingerprint density at radius 2 is 2.00 bits per heavy atom. The number of amides is 1. The molecule has 3 heteroatoms. The number of methoxy groups -OCH3 is 1. The molecule has 98 valence electrons. The predicted molar refractivity (Wildman–Crippen MR) is 71.9 cm³/mol. The fraction of sp³-hybridized carbons (Fsp3) is 0.533. The van der Waals surface area contributed by atoms with Gasteiger partial charge in [-0.1, -0.05) is 19.8 Å². The highest BCUT2D eigenvalue weighted by atomic mass is 16.5. The summed E-state index contributed by atoms with van der Waals surface area (Å²) in [5, 5.41) is 3.12. The van der Waals surface area contributed by atoms with E-state index in [1.165, 1.54) is 12.8 Å². The van der Waals surface area contributed by atoms with Gasteiger partial charge in [-0.3, -0.25) is 4.79 Å². The van der Waals surface area contributed by atoms with Crippen LogP contribution in [0.3, 0.4) is 0 Å². The van der Waals surface area contributed by atoms with Crippen molar-refractivity contribution in [3.8, 4) is 5.75 Å².